The van der Waals surface area contributed by atoms with Crippen molar-refractivity contribution in [2.24, 2.45) is 5.10 Å². The maximum atomic E-state index is 12.7. The molecule has 4 aromatic carbocycles. The SMILES string of the molecule is Cc1ccc(C(=O)Oc2ccc3ccccc3c2C=NNS(=O)(=O)c2ccc(C)cc2)cc1. The van der Waals surface area contributed by atoms with E-state index in [2.05, 4.69) is 9.93 Å². The van der Waals surface area contributed by atoms with Gasteiger partial charge in [0.25, 0.3) is 10.0 Å². The van der Waals surface area contributed by atoms with Crippen LogP contribution in [0.4, 0.5) is 0 Å². The zero-order valence-corrected chi connectivity index (χ0v) is 19.0. The fourth-order valence-corrected chi connectivity index (χ4v) is 4.07. The van der Waals surface area contributed by atoms with Gasteiger partial charge >= 0.3 is 5.97 Å². The van der Waals surface area contributed by atoms with Crippen molar-refractivity contribution in [2.45, 2.75) is 18.7 Å². The lowest BCUT2D eigenvalue weighted by atomic mass is 10.0. The van der Waals surface area contributed by atoms with E-state index in [0.29, 0.717) is 11.1 Å². The summed E-state index contributed by atoms with van der Waals surface area (Å²) in [4.78, 5) is 15.0. The van der Waals surface area contributed by atoms with Crippen LogP contribution in [0, 0.1) is 13.8 Å². The lowest BCUT2D eigenvalue weighted by molar-refractivity contribution is 0.0734. The fourth-order valence-electron chi connectivity index (χ4n) is 3.28. The predicted octanol–water partition coefficient (Wildman–Crippen LogP) is 4.99. The molecular weight excluding hydrogens is 436 g/mol. The van der Waals surface area contributed by atoms with Crippen LogP contribution >= 0.6 is 0 Å². The van der Waals surface area contributed by atoms with Crippen molar-refractivity contribution in [1.29, 1.82) is 0 Å². The highest BCUT2D eigenvalue weighted by Crippen LogP contribution is 2.27. The molecule has 7 heteroatoms. The number of aryl methyl sites for hydroxylation is 2. The topological polar surface area (TPSA) is 84.8 Å². The first-order valence-corrected chi connectivity index (χ1v) is 11.7. The first kappa shape index (κ1) is 22.2. The Balaban J connectivity index is 1.65. The molecule has 0 aliphatic heterocycles. The minimum Gasteiger partial charge on any atom is -0.422 e. The van der Waals surface area contributed by atoms with Gasteiger partial charge in [0.05, 0.1) is 16.7 Å². The van der Waals surface area contributed by atoms with Crippen LogP contribution in [0.25, 0.3) is 10.8 Å². The molecule has 0 amide bonds. The zero-order valence-electron chi connectivity index (χ0n) is 18.1. The summed E-state index contributed by atoms with van der Waals surface area (Å²) in [6.45, 7) is 3.81. The predicted molar refractivity (Wildman–Crippen MR) is 129 cm³/mol. The van der Waals surface area contributed by atoms with Crippen LogP contribution in [0.3, 0.4) is 0 Å². The Morgan fingerprint density at radius 3 is 2.18 bits per heavy atom. The molecule has 0 heterocycles. The van der Waals surface area contributed by atoms with Gasteiger partial charge in [0.2, 0.25) is 0 Å². The Hall–Kier alpha value is -3.97. The summed E-state index contributed by atoms with van der Waals surface area (Å²) in [5.74, 6) is -0.238. The summed E-state index contributed by atoms with van der Waals surface area (Å²) in [6, 6.07) is 24.5. The highest BCUT2D eigenvalue weighted by atomic mass is 32.2. The van der Waals surface area contributed by atoms with Gasteiger partial charge in [0, 0.05) is 5.56 Å². The van der Waals surface area contributed by atoms with Gasteiger partial charge in [-0.05, 0) is 55.0 Å². The van der Waals surface area contributed by atoms with Crippen molar-refractivity contribution in [3.8, 4) is 5.75 Å². The molecule has 4 rings (SSSR count). The fraction of sp³-hybridized carbons (Fsp3) is 0.0769. The van der Waals surface area contributed by atoms with Crippen LogP contribution in [0.1, 0.15) is 27.0 Å². The van der Waals surface area contributed by atoms with Gasteiger partial charge in [-0.25, -0.2) is 9.63 Å². The van der Waals surface area contributed by atoms with Crippen molar-refractivity contribution < 1.29 is 17.9 Å². The molecule has 0 aromatic heterocycles. The number of benzene rings is 4. The average molecular weight is 459 g/mol. The molecule has 0 atom stereocenters. The Bertz CT molecular complexity index is 1440. The first-order valence-electron chi connectivity index (χ1n) is 10.3. The van der Waals surface area contributed by atoms with Crippen LogP contribution in [0.5, 0.6) is 5.75 Å². The smallest absolute Gasteiger partial charge is 0.343 e. The van der Waals surface area contributed by atoms with E-state index in [-0.39, 0.29) is 10.6 Å². The van der Waals surface area contributed by atoms with Crippen molar-refractivity contribution in [3.05, 3.63) is 107 Å². The quantitative estimate of drug-likeness (QED) is 0.191. The van der Waals surface area contributed by atoms with Gasteiger partial charge in [-0.2, -0.15) is 13.5 Å². The third-order valence-corrected chi connectivity index (χ3v) is 6.36. The van der Waals surface area contributed by atoms with Gasteiger partial charge in [-0.3, -0.25) is 0 Å². The third-order valence-electron chi connectivity index (χ3n) is 5.12. The number of fused-ring (bicyclic) bond motifs is 1. The number of hydrogen-bond acceptors (Lipinski definition) is 5. The maximum absolute atomic E-state index is 12.7. The number of hydrogen-bond donors (Lipinski definition) is 1. The molecule has 1 N–H and O–H groups in total. The molecule has 33 heavy (non-hydrogen) atoms. The number of esters is 1. The van der Waals surface area contributed by atoms with E-state index in [4.69, 9.17) is 4.74 Å². The second-order valence-electron chi connectivity index (χ2n) is 7.62. The summed E-state index contributed by atoms with van der Waals surface area (Å²) in [6.07, 6.45) is 1.35. The maximum Gasteiger partial charge on any atom is 0.343 e. The van der Waals surface area contributed by atoms with Crippen molar-refractivity contribution in [1.82, 2.24) is 4.83 Å². The molecular formula is C26H22N2O4S. The molecule has 0 fully saturated rings. The molecule has 0 spiro atoms. The number of ether oxygens (including phenoxy) is 1. The van der Waals surface area contributed by atoms with E-state index in [9.17, 15) is 13.2 Å². The van der Waals surface area contributed by atoms with Crippen LogP contribution in [0.2, 0.25) is 0 Å². The molecule has 6 nitrogen and oxygen atoms in total. The highest BCUT2D eigenvalue weighted by Gasteiger charge is 2.15. The zero-order chi connectivity index (χ0) is 23.4. The standard InChI is InChI=1S/C26H22N2O4S/c1-18-7-11-21(12-8-18)26(29)32-25-16-13-20-5-3-4-6-23(20)24(25)17-27-28-33(30,31)22-14-9-19(2)10-15-22/h3-17,28H,1-2H3. The van der Waals surface area contributed by atoms with E-state index in [1.54, 1.807) is 30.3 Å². The Morgan fingerprint density at radius 2 is 1.48 bits per heavy atom. The number of sulfonamides is 1. The van der Waals surface area contributed by atoms with Gasteiger partial charge in [-0.1, -0.05) is 65.7 Å². The van der Waals surface area contributed by atoms with E-state index < -0.39 is 16.0 Å². The van der Waals surface area contributed by atoms with E-state index in [0.717, 1.165) is 21.9 Å². The molecule has 4 aromatic rings. The number of hydrazone groups is 1. The summed E-state index contributed by atoms with van der Waals surface area (Å²) in [5, 5.41) is 5.63. The number of carbonyl (C=O) groups excluding carboxylic acids is 1. The third kappa shape index (κ3) is 5.10. The summed E-state index contributed by atoms with van der Waals surface area (Å²) in [5.41, 5.74) is 2.89. The molecule has 0 bridgehead atoms. The number of carbonyl (C=O) groups is 1. The van der Waals surface area contributed by atoms with Crippen molar-refractivity contribution >= 4 is 33.0 Å². The Labute approximate surface area is 192 Å². The summed E-state index contributed by atoms with van der Waals surface area (Å²) in [7, 11) is -3.84. The molecule has 0 saturated carbocycles. The number of nitrogens with one attached hydrogen (secondary N) is 1. The Kier molecular flexibility index (Phi) is 6.24. The molecule has 0 aliphatic rings. The number of rotatable bonds is 6. The van der Waals surface area contributed by atoms with Crippen LogP contribution in [-0.4, -0.2) is 20.6 Å². The second-order valence-corrected chi connectivity index (χ2v) is 9.28. The van der Waals surface area contributed by atoms with E-state index >= 15 is 0 Å². The monoisotopic (exact) mass is 458 g/mol. The molecule has 166 valence electrons. The van der Waals surface area contributed by atoms with Crippen LogP contribution < -0.4 is 9.57 Å². The van der Waals surface area contributed by atoms with Gasteiger partial charge in [-0.15, -0.1) is 0 Å². The van der Waals surface area contributed by atoms with Gasteiger partial charge in [0.1, 0.15) is 5.75 Å². The Morgan fingerprint density at radius 1 is 0.848 bits per heavy atom. The van der Waals surface area contributed by atoms with Gasteiger partial charge in [0.15, 0.2) is 0 Å². The van der Waals surface area contributed by atoms with Crippen molar-refractivity contribution in [2.75, 3.05) is 0 Å². The van der Waals surface area contributed by atoms with Gasteiger partial charge < -0.3 is 4.74 Å². The minimum atomic E-state index is -3.84. The average Bonchev–Trinajstić information content (AvgIpc) is 2.81. The van der Waals surface area contributed by atoms with E-state index in [1.165, 1.54) is 18.3 Å². The minimum absolute atomic E-state index is 0.106. The number of nitrogens with zero attached hydrogens (tertiary/aromatic N) is 1. The largest absolute Gasteiger partial charge is 0.422 e. The second kappa shape index (κ2) is 9.26. The lowest BCUT2D eigenvalue weighted by Crippen LogP contribution is -2.18. The highest BCUT2D eigenvalue weighted by molar-refractivity contribution is 7.89. The molecule has 0 saturated heterocycles. The summed E-state index contributed by atoms with van der Waals surface area (Å²) < 4.78 is 30.8. The molecule has 0 unspecified atom stereocenters. The lowest BCUT2D eigenvalue weighted by Gasteiger charge is -2.11. The molecule has 0 radical (unpaired) electrons. The van der Waals surface area contributed by atoms with Crippen LogP contribution in [0.15, 0.2) is 94.9 Å². The van der Waals surface area contributed by atoms with Crippen LogP contribution in [-0.2, 0) is 10.0 Å². The van der Waals surface area contributed by atoms with E-state index in [1.807, 2.05) is 56.3 Å². The van der Waals surface area contributed by atoms with Crippen molar-refractivity contribution in [3.63, 3.8) is 0 Å². The first-order chi connectivity index (χ1) is 15.8. The molecule has 0 aliphatic carbocycles. The normalized spacial score (nSPS) is 11.6. The summed E-state index contributed by atoms with van der Waals surface area (Å²) >= 11 is 0.